The standard InChI is InChI=1S/C10H20O2/c1-7-4-5-8(2)12-10(6-11)9(7)3/h7-11H,4-6H2,1-3H3. The summed E-state index contributed by atoms with van der Waals surface area (Å²) in [7, 11) is 0. The minimum Gasteiger partial charge on any atom is -0.394 e. The molecule has 0 aromatic carbocycles. The van der Waals surface area contributed by atoms with Gasteiger partial charge in [-0.15, -0.1) is 0 Å². The van der Waals surface area contributed by atoms with E-state index in [1.807, 2.05) is 0 Å². The second kappa shape index (κ2) is 4.24. The van der Waals surface area contributed by atoms with Gasteiger partial charge in [0.1, 0.15) is 0 Å². The highest BCUT2D eigenvalue weighted by molar-refractivity contribution is 4.76. The highest BCUT2D eigenvalue weighted by Gasteiger charge is 2.28. The summed E-state index contributed by atoms with van der Waals surface area (Å²) in [4.78, 5) is 0. The van der Waals surface area contributed by atoms with Gasteiger partial charge >= 0.3 is 0 Å². The maximum absolute atomic E-state index is 9.10. The Bertz CT molecular complexity index is 136. The van der Waals surface area contributed by atoms with Gasteiger partial charge in [0.05, 0.1) is 18.8 Å². The van der Waals surface area contributed by atoms with Gasteiger partial charge in [-0.3, -0.25) is 0 Å². The molecule has 0 bridgehead atoms. The Morgan fingerprint density at radius 3 is 2.50 bits per heavy atom. The molecule has 0 amide bonds. The minimum atomic E-state index is 0.0532. The molecule has 1 aliphatic heterocycles. The van der Waals surface area contributed by atoms with E-state index in [4.69, 9.17) is 9.84 Å². The first-order chi connectivity index (χ1) is 5.65. The van der Waals surface area contributed by atoms with Gasteiger partial charge in [-0.05, 0) is 31.6 Å². The largest absolute Gasteiger partial charge is 0.394 e. The van der Waals surface area contributed by atoms with Crippen LogP contribution in [-0.4, -0.2) is 23.9 Å². The van der Waals surface area contributed by atoms with Crippen molar-refractivity contribution in [1.82, 2.24) is 0 Å². The Hall–Kier alpha value is -0.0800. The van der Waals surface area contributed by atoms with Crippen LogP contribution >= 0.6 is 0 Å². The molecule has 72 valence electrons. The van der Waals surface area contributed by atoms with E-state index in [1.165, 1.54) is 6.42 Å². The third kappa shape index (κ3) is 2.20. The van der Waals surface area contributed by atoms with Crippen molar-refractivity contribution < 1.29 is 9.84 Å². The first kappa shape index (κ1) is 10.0. The molecule has 1 saturated heterocycles. The molecule has 0 spiro atoms. The quantitative estimate of drug-likeness (QED) is 0.653. The molecule has 1 rings (SSSR count). The average molecular weight is 172 g/mol. The van der Waals surface area contributed by atoms with E-state index in [2.05, 4.69) is 20.8 Å². The molecule has 0 aliphatic carbocycles. The first-order valence-corrected chi connectivity index (χ1v) is 4.91. The monoisotopic (exact) mass is 172 g/mol. The van der Waals surface area contributed by atoms with E-state index >= 15 is 0 Å². The van der Waals surface area contributed by atoms with Gasteiger partial charge in [-0.1, -0.05) is 13.8 Å². The molecule has 2 heteroatoms. The van der Waals surface area contributed by atoms with Crippen LogP contribution in [0.4, 0.5) is 0 Å². The van der Waals surface area contributed by atoms with E-state index in [0.717, 1.165) is 6.42 Å². The lowest BCUT2D eigenvalue weighted by Crippen LogP contribution is -2.29. The van der Waals surface area contributed by atoms with E-state index in [-0.39, 0.29) is 12.7 Å². The lowest BCUT2D eigenvalue weighted by molar-refractivity contribution is -0.0523. The van der Waals surface area contributed by atoms with Gasteiger partial charge in [-0.2, -0.15) is 0 Å². The van der Waals surface area contributed by atoms with Crippen molar-refractivity contribution in [3.8, 4) is 0 Å². The van der Waals surface area contributed by atoms with Crippen molar-refractivity contribution in [3.63, 3.8) is 0 Å². The lowest BCUT2D eigenvalue weighted by Gasteiger charge is -2.24. The zero-order chi connectivity index (χ0) is 9.14. The summed E-state index contributed by atoms with van der Waals surface area (Å²) in [5, 5.41) is 9.10. The fourth-order valence-corrected chi connectivity index (χ4v) is 1.83. The van der Waals surface area contributed by atoms with Gasteiger partial charge in [-0.25, -0.2) is 0 Å². The molecule has 0 aromatic heterocycles. The highest BCUT2D eigenvalue weighted by Crippen LogP contribution is 2.28. The molecule has 1 fully saturated rings. The minimum absolute atomic E-state index is 0.0532. The second-order valence-corrected chi connectivity index (χ2v) is 4.08. The maximum Gasteiger partial charge on any atom is 0.0837 e. The smallest absolute Gasteiger partial charge is 0.0837 e. The molecular formula is C10H20O2. The van der Waals surface area contributed by atoms with Gasteiger partial charge in [0.25, 0.3) is 0 Å². The van der Waals surface area contributed by atoms with Crippen LogP contribution in [0.15, 0.2) is 0 Å². The zero-order valence-electron chi connectivity index (χ0n) is 8.29. The van der Waals surface area contributed by atoms with Crippen molar-refractivity contribution in [2.45, 2.75) is 45.8 Å². The van der Waals surface area contributed by atoms with Crippen molar-refractivity contribution >= 4 is 0 Å². The van der Waals surface area contributed by atoms with Gasteiger partial charge in [0.15, 0.2) is 0 Å². The van der Waals surface area contributed by atoms with E-state index < -0.39 is 0 Å². The van der Waals surface area contributed by atoms with E-state index in [0.29, 0.717) is 17.9 Å². The predicted molar refractivity (Wildman–Crippen MR) is 49.0 cm³/mol. The SMILES string of the molecule is CC1CCC(C)C(C)C(CO)O1. The van der Waals surface area contributed by atoms with Crippen LogP contribution in [-0.2, 0) is 4.74 Å². The predicted octanol–water partition coefficient (Wildman–Crippen LogP) is 1.82. The van der Waals surface area contributed by atoms with Crippen molar-refractivity contribution in [1.29, 1.82) is 0 Å². The molecule has 12 heavy (non-hydrogen) atoms. The highest BCUT2D eigenvalue weighted by atomic mass is 16.5. The summed E-state index contributed by atoms with van der Waals surface area (Å²) >= 11 is 0. The third-order valence-corrected chi connectivity index (χ3v) is 3.10. The van der Waals surface area contributed by atoms with Crippen LogP contribution < -0.4 is 0 Å². The Kier molecular flexibility index (Phi) is 3.53. The van der Waals surface area contributed by atoms with E-state index in [1.54, 1.807) is 0 Å². The zero-order valence-corrected chi connectivity index (χ0v) is 8.29. The molecule has 4 atom stereocenters. The van der Waals surface area contributed by atoms with Crippen molar-refractivity contribution in [3.05, 3.63) is 0 Å². The summed E-state index contributed by atoms with van der Waals surface area (Å²) in [5.41, 5.74) is 0. The van der Waals surface area contributed by atoms with Crippen LogP contribution in [0.2, 0.25) is 0 Å². The molecule has 0 saturated carbocycles. The van der Waals surface area contributed by atoms with Gasteiger partial charge in [0, 0.05) is 0 Å². The fraction of sp³-hybridized carbons (Fsp3) is 1.00. The summed E-state index contributed by atoms with van der Waals surface area (Å²) in [6.07, 6.45) is 2.72. The third-order valence-electron chi connectivity index (χ3n) is 3.10. The van der Waals surface area contributed by atoms with Crippen LogP contribution in [0.1, 0.15) is 33.6 Å². The Balaban J connectivity index is 2.58. The molecule has 1 N–H and O–H groups in total. The second-order valence-electron chi connectivity index (χ2n) is 4.08. The fourth-order valence-electron chi connectivity index (χ4n) is 1.83. The molecule has 0 aromatic rings. The number of rotatable bonds is 1. The molecule has 0 radical (unpaired) electrons. The van der Waals surface area contributed by atoms with Crippen LogP contribution in [0.3, 0.4) is 0 Å². The Morgan fingerprint density at radius 2 is 1.92 bits per heavy atom. The van der Waals surface area contributed by atoms with Gasteiger partial charge in [0.2, 0.25) is 0 Å². The number of hydrogen-bond acceptors (Lipinski definition) is 2. The summed E-state index contributed by atoms with van der Waals surface area (Å²) in [6.45, 7) is 6.67. The number of hydrogen-bond donors (Lipinski definition) is 1. The van der Waals surface area contributed by atoms with Crippen LogP contribution in [0.25, 0.3) is 0 Å². The van der Waals surface area contributed by atoms with Crippen LogP contribution in [0.5, 0.6) is 0 Å². The Labute approximate surface area is 74.9 Å². The molecule has 4 unspecified atom stereocenters. The molecule has 2 nitrogen and oxygen atoms in total. The maximum atomic E-state index is 9.10. The number of ether oxygens (including phenoxy) is 1. The summed E-state index contributed by atoms with van der Waals surface area (Å²) in [6, 6.07) is 0. The van der Waals surface area contributed by atoms with Crippen LogP contribution in [0, 0.1) is 11.8 Å². The topological polar surface area (TPSA) is 29.5 Å². The number of aliphatic hydroxyl groups is 1. The molecular weight excluding hydrogens is 152 g/mol. The molecule has 1 heterocycles. The summed E-state index contributed by atoms with van der Waals surface area (Å²) in [5.74, 6) is 1.16. The molecule has 1 aliphatic rings. The lowest BCUT2D eigenvalue weighted by atomic mass is 9.88. The van der Waals surface area contributed by atoms with E-state index in [9.17, 15) is 0 Å². The average Bonchev–Trinajstić information content (AvgIpc) is 2.18. The number of aliphatic hydroxyl groups excluding tert-OH is 1. The summed E-state index contributed by atoms with van der Waals surface area (Å²) < 4.78 is 5.69. The van der Waals surface area contributed by atoms with Crippen molar-refractivity contribution in [2.24, 2.45) is 11.8 Å². The van der Waals surface area contributed by atoms with Crippen molar-refractivity contribution in [2.75, 3.05) is 6.61 Å². The first-order valence-electron chi connectivity index (χ1n) is 4.91. The Morgan fingerprint density at radius 1 is 1.25 bits per heavy atom. The normalized spacial score (nSPS) is 44.0. The van der Waals surface area contributed by atoms with Gasteiger partial charge < -0.3 is 9.84 Å².